The summed E-state index contributed by atoms with van der Waals surface area (Å²) < 4.78 is 24.0. The molecule has 3 aromatic rings. The Labute approximate surface area is 159 Å². The molecule has 1 atom stereocenters. The van der Waals surface area contributed by atoms with Gasteiger partial charge in [0.05, 0.1) is 11.6 Å². The van der Waals surface area contributed by atoms with Gasteiger partial charge in [0, 0.05) is 30.9 Å². The van der Waals surface area contributed by atoms with E-state index in [-0.39, 0.29) is 0 Å². The fourth-order valence-electron chi connectivity index (χ4n) is 4.00. The SMILES string of the molecule is N#Cc1cccc(C(N2CCC(c3c[nH]c4ncccc34)CC2)[SH](=O)=O)c1. The highest BCUT2D eigenvalue weighted by Gasteiger charge is 2.29. The van der Waals surface area contributed by atoms with Crippen molar-refractivity contribution in [1.82, 2.24) is 14.9 Å². The van der Waals surface area contributed by atoms with Gasteiger partial charge >= 0.3 is 0 Å². The van der Waals surface area contributed by atoms with Crippen LogP contribution in [0.1, 0.15) is 40.8 Å². The van der Waals surface area contributed by atoms with E-state index in [1.54, 1.807) is 30.5 Å². The maximum atomic E-state index is 12.0. The molecule has 0 radical (unpaired) electrons. The number of nitrogens with zero attached hydrogens (tertiary/aromatic N) is 3. The second-order valence-electron chi connectivity index (χ2n) is 6.85. The molecule has 0 spiro atoms. The number of likely N-dealkylation sites (tertiary alicyclic amines) is 1. The molecule has 1 aliphatic heterocycles. The molecular formula is C20H20N4O2S. The van der Waals surface area contributed by atoms with E-state index < -0.39 is 16.1 Å². The van der Waals surface area contributed by atoms with Crippen LogP contribution in [-0.4, -0.2) is 36.4 Å². The van der Waals surface area contributed by atoms with Crippen LogP contribution >= 0.6 is 0 Å². The average molecular weight is 380 g/mol. The quantitative estimate of drug-likeness (QED) is 0.679. The molecule has 1 fully saturated rings. The predicted octanol–water partition coefficient (Wildman–Crippen LogP) is 2.92. The molecule has 1 unspecified atom stereocenters. The number of nitrogens with one attached hydrogen (secondary N) is 1. The van der Waals surface area contributed by atoms with Gasteiger partial charge in [0.25, 0.3) is 0 Å². The van der Waals surface area contributed by atoms with Gasteiger partial charge in [-0.25, -0.2) is 13.4 Å². The molecule has 0 bridgehead atoms. The minimum atomic E-state index is -2.67. The van der Waals surface area contributed by atoms with E-state index in [4.69, 9.17) is 5.26 Å². The number of hydrogen-bond acceptors (Lipinski definition) is 5. The molecule has 1 aromatic carbocycles. The first-order chi connectivity index (χ1) is 13.2. The van der Waals surface area contributed by atoms with Gasteiger partial charge in [-0.15, -0.1) is 0 Å². The summed E-state index contributed by atoms with van der Waals surface area (Å²) in [7, 11) is -2.67. The van der Waals surface area contributed by atoms with Gasteiger partial charge in [-0.05, 0) is 54.2 Å². The standard InChI is InChI=1S/C20H20N4O2S/c21-12-14-3-1-4-16(11-14)20(27(25)26)24-9-6-15(7-10-24)18-13-23-19-17(18)5-2-8-22-19/h1-5,8,11,13,15,20,27H,6-7,9-10H2,(H,22,23). The van der Waals surface area contributed by atoms with Crippen molar-refractivity contribution < 1.29 is 8.42 Å². The third-order valence-corrected chi connectivity index (χ3v) is 6.34. The molecule has 4 rings (SSSR count). The van der Waals surface area contributed by atoms with E-state index in [1.165, 1.54) is 5.56 Å². The third kappa shape index (κ3) is 3.46. The molecular weight excluding hydrogens is 360 g/mol. The highest BCUT2D eigenvalue weighted by Crippen LogP contribution is 2.35. The van der Waals surface area contributed by atoms with Crippen LogP contribution in [0.4, 0.5) is 0 Å². The molecule has 138 valence electrons. The van der Waals surface area contributed by atoms with Gasteiger partial charge in [0.1, 0.15) is 11.0 Å². The van der Waals surface area contributed by atoms with Crippen molar-refractivity contribution in [2.24, 2.45) is 0 Å². The number of thiol groups is 1. The number of piperidine rings is 1. The number of aromatic amines is 1. The molecule has 6 nitrogen and oxygen atoms in total. The van der Waals surface area contributed by atoms with Gasteiger partial charge in [-0.3, -0.25) is 4.90 Å². The van der Waals surface area contributed by atoms with Crippen LogP contribution in [0.15, 0.2) is 48.8 Å². The maximum Gasteiger partial charge on any atom is 0.160 e. The molecule has 2 aromatic heterocycles. The summed E-state index contributed by atoms with van der Waals surface area (Å²) in [4.78, 5) is 9.58. The summed E-state index contributed by atoms with van der Waals surface area (Å²) >= 11 is 0. The first-order valence-electron chi connectivity index (χ1n) is 8.97. The first kappa shape index (κ1) is 17.7. The lowest BCUT2D eigenvalue weighted by atomic mass is 9.89. The number of hydrogen-bond donors (Lipinski definition) is 2. The second kappa shape index (κ2) is 7.51. The van der Waals surface area contributed by atoms with Crippen LogP contribution in [0.25, 0.3) is 11.0 Å². The summed E-state index contributed by atoms with van der Waals surface area (Å²) in [6, 6.07) is 13.0. The van der Waals surface area contributed by atoms with Gasteiger partial charge < -0.3 is 4.98 Å². The van der Waals surface area contributed by atoms with Gasteiger partial charge in [0.2, 0.25) is 0 Å². The first-order valence-corrected chi connectivity index (χ1v) is 10.2. The smallest absolute Gasteiger partial charge is 0.160 e. The zero-order valence-corrected chi connectivity index (χ0v) is 15.6. The van der Waals surface area contributed by atoms with Crippen molar-refractivity contribution in [1.29, 1.82) is 5.26 Å². The molecule has 1 aliphatic rings. The lowest BCUT2D eigenvalue weighted by molar-refractivity contribution is 0.195. The Morgan fingerprint density at radius 1 is 1.22 bits per heavy atom. The van der Waals surface area contributed by atoms with Crippen LogP contribution in [0.2, 0.25) is 0 Å². The lowest BCUT2D eigenvalue weighted by Gasteiger charge is -2.35. The average Bonchev–Trinajstić information content (AvgIpc) is 3.13. The Hall–Kier alpha value is -2.69. The molecule has 7 heteroatoms. The summed E-state index contributed by atoms with van der Waals surface area (Å²) in [6.45, 7) is 1.39. The van der Waals surface area contributed by atoms with Gasteiger partial charge in [-0.1, -0.05) is 12.1 Å². The minimum Gasteiger partial charge on any atom is -0.346 e. The van der Waals surface area contributed by atoms with Gasteiger partial charge in [-0.2, -0.15) is 5.26 Å². The van der Waals surface area contributed by atoms with E-state index in [0.717, 1.165) is 23.9 Å². The van der Waals surface area contributed by atoms with Crippen LogP contribution in [-0.2, 0) is 10.7 Å². The monoisotopic (exact) mass is 380 g/mol. The lowest BCUT2D eigenvalue weighted by Crippen LogP contribution is -2.36. The van der Waals surface area contributed by atoms with Crippen molar-refractivity contribution >= 4 is 21.7 Å². The van der Waals surface area contributed by atoms with E-state index in [2.05, 4.69) is 22.1 Å². The molecule has 0 aliphatic carbocycles. The van der Waals surface area contributed by atoms with Crippen molar-refractivity contribution in [3.8, 4) is 6.07 Å². The van der Waals surface area contributed by atoms with Crippen LogP contribution in [0.3, 0.4) is 0 Å². The Morgan fingerprint density at radius 2 is 2.04 bits per heavy atom. The summed E-state index contributed by atoms with van der Waals surface area (Å²) in [5, 5.41) is 9.56. The highest BCUT2D eigenvalue weighted by atomic mass is 32.2. The number of H-pyrrole nitrogens is 1. The largest absolute Gasteiger partial charge is 0.346 e. The predicted molar refractivity (Wildman–Crippen MR) is 104 cm³/mol. The summed E-state index contributed by atoms with van der Waals surface area (Å²) in [5.74, 6) is 0.384. The van der Waals surface area contributed by atoms with E-state index in [9.17, 15) is 8.42 Å². The fraction of sp³-hybridized carbons (Fsp3) is 0.300. The maximum absolute atomic E-state index is 12.0. The Balaban J connectivity index is 1.54. The van der Waals surface area contributed by atoms with Gasteiger partial charge in [0.15, 0.2) is 10.7 Å². The number of pyridine rings is 1. The summed E-state index contributed by atoms with van der Waals surface area (Å²) in [5.41, 5.74) is 3.30. The Morgan fingerprint density at radius 3 is 2.78 bits per heavy atom. The van der Waals surface area contributed by atoms with E-state index in [1.807, 2.05) is 17.2 Å². The number of nitriles is 1. The fourth-order valence-corrected chi connectivity index (χ4v) is 4.91. The van der Waals surface area contributed by atoms with Crippen LogP contribution in [0.5, 0.6) is 0 Å². The van der Waals surface area contributed by atoms with Crippen LogP contribution in [0, 0.1) is 11.3 Å². The Bertz CT molecular complexity index is 1070. The second-order valence-corrected chi connectivity index (χ2v) is 7.91. The van der Waals surface area contributed by atoms with Crippen molar-refractivity contribution in [3.05, 3.63) is 65.5 Å². The normalized spacial score (nSPS) is 17.2. The Kier molecular flexibility index (Phi) is 4.92. The molecule has 0 amide bonds. The zero-order valence-electron chi connectivity index (χ0n) is 14.7. The molecule has 1 saturated heterocycles. The molecule has 3 heterocycles. The van der Waals surface area contributed by atoms with Crippen LogP contribution < -0.4 is 0 Å². The minimum absolute atomic E-state index is 0.384. The van der Waals surface area contributed by atoms with E-state index >= 15 is 0 Å². The number of aromatic nitrogens is 2. The van der Waals surface area contributed by atoms with Crippen molar-refractivity contribution in [2.75, 3.05) is 13.1 Å². The zero-order chi connectivity index (χ0) is 18.8. The third-order valence-electron chi connectivity index (χ3n) is 5.31. The molecule has 0 saturated carbocycles. The highest BCUT2D eigenvalue weighted by molar-refractivity contribution is 7.72. The van der Waals surface area contributed by atoms with E-state index in [0.29, 0.717) is 30.1 Å². The summed E-state index contributed by atoms with van der Waals surface area (Å²) in [6.07, 6.45) is 5.58. The topological polar surface area (TPSA) is 89.8 Å². The van der Waals surface area contributed by atoms with Crippen molar-refractivity contribution in [2.45, 2.75) is 24.1 Å². The number of benzene rings is 1. The molecule has 27 heavy (non-hydrogen) atoms. The molecule has 1 N–H and O–H groups in total. The number of rotatable bonds is 4. The number of fused-ring (bicyclic) bond motifs is 1. The van der Waals surface area contributed by atoms with Crippen molar-refractivity contribution in [3.63, 3.8) is 0 Å².